The van der Waals surface area contributed by atoms with Gasteiger partial charge in [0, 0.05) is 40.4 Å². The van der Waals surface area contributed by atoms with Gasteiger partial charge >= 0.3 is 0 Å². The fraction of sp³-hybridized carbons (Fsp3) is 0.286. The molecule has 3 aromatic rings. The molecule has 4 rings (SSSR count). The minimum absolute atomic E-state index is 0.675. The van der Waals surface area contributed by atoms with Gasteiger partial charge in [0.2, 0.25) is 0 Å². The summed E-state index contributed by atoms with van der Waals surface area (Å²) in [5.74, 6) is 0.675. The summed E-state index contributed by atoms with van der Waals surface area (Å²) in [5.41, 5.74) is 3.55. The third-order valence-corrected chi connectivity index (χ3v) is 5.68. The number of anilines is 1. The highest BCUT2D eigenvalue weighted by molar-refractivity contribution is 6.35. The lowest BCUT2D eigenvalue weighted by atomic mass is 9.90. The third-order valence-electron chi connectivity index (χ3n) is 5.09. The number of piperidine rings is 1. The number of hydrogen-bond donors (Lipinski definition) is 0. The largest absolute Gasteiger partial charge is 0.371 e. The van der Waals surface area contributed by atoms with Gasteiger partial charge in [-0.05, 0) is 61.1 Å². The van der Waals surface area contributed by atoms with Crippen LogP contribution in [0.1, 0.15) is 18.4 Å². The van der Waals surface area contributed by atoms with Gasteiger partial charge in [-0.1, -0.05) is 41.4 Å². The molecule has 1 fully saturated rings. The van der Waals surface area contributed by atoms with Crippen molar-refractivity contribution in [1.82, 2.24) is 4.98 Å². The highest BCUT2D eigenvalue weighted by Crippen LogP contribution is 2.30. The number of pyridine rings is 1. The molecule has 128 valence electrons. The van der Waals surface area contributed by atoms with E-state index in [-0.39, 0.29) is 0 Å². The lowest BCUT2D eigenvalue weighted by Crippen LogP contribution is -2.34. The van der Waals surface area contributed by atoms with Gasteiger partial charge in [0.25, 0.3) is 0 Å². The lowest BCUT2D eigenvalue weighted by Gasteiger charge is -2.34. The number of nitrogens with zero attached hydrogens (tertiary/aromatic N) is 2. The molecule has 0 atom stereocenters. The monoisotopic (exact) mass is 370 g/mol. The molecule has 0 saturated carbocycles. The SMILES string of the molecule is Clc1ccc(CC2CCN(c3ccc4cccnc4c3)CC2)c(Cl)c1. The zero-order valence-electron chi connectivity index (χ0n) is 14.0. The number of fused-ring (bicyclic) bond motifs is 1. The molecule has 0 aliphatic carbocycles. The Labute approximate surface area is 158 Å². The quantitative estimate of drug-likeness (QED) is 0.561. The van der Waals surface area contributed by atoms with Crippen LogP contribution in [0, 0.1) is 5.92 Å². The zero-order valence-corrected chi connectivity index (χ0v) is 15.5. The van der Waals surface area contributed by atoms with E-state index in [2.05, 4.69) is 40.2 Å². The fourth-order valence-electron chi connectivity index (χ4n) is 3.65. The van der Waals surface area contributed by atoms with Gasteiger partial charge in [0.05, 0.1) is 5.52 Å². The fourth-order valence-corrected chi connectivity index (χ4v) is 4.13. The highest BCUT2D eigenvalue weighted by atomic mass is 35.5. The van der Waals surface area contributed by atoms with E-state index in [1.54, 1.807) is 0 Å². The van der Waals surface area contributed by atoms with Crippen LogP contribution in [0.4, 0.5) is 5.69 Å². The van der Waals surface area contributed by atoms with Gasteiger partial charge in [0.1, 0.15) is 0 Å². The van der Waals surface area contributed by atoms with Crippen molar-refractivity contribution in [2.75, 3.05) is 18.0 Å². The maximum Gasteiger partial charge on any atom is 0.0722 e. The molecule has 1 saturated heterocycles. The smallest absolute Gasteiger partial charge is 0.0722 e. The first-order chi connectivity index (χ1) is 12.2. The second-order valence-electron chi connectivity index (χ2n) is 6.75. The van der Waals surface area contributed by atoms with Crippen LogP contribution in [0.2, 0.25) is 10.0 Å². The number of aromatic nitrogens is 1. The van der Waals surface area contributed by atoms with E-state index < -0.39 is 0 Å². The summed E-state index contributed by atoms with van der Waals surface area (Å²) in [5, 5.41) is 2.68. The van der Waals surface area contributed by atoms with Gasteiger partial charge in [-0.3, -0.25) is 4.98 Å². The normalized spacial score (nSPS) is 15.7. The van der Waals surface area contributed by atoms with Crippen molar-refractivity contribution in [3.63, 3.8) is 0 Å². The Morgan fingerprint density at radius 3 is 2.64 bits per heavy atom. The van der Waals surface area contributed by atoms with Crippen LogP contribution in [0.25, 0.3) is 10.9 Å². The lowest BCUT2D eigenvalue weighted by molar-refractivity contribution is 0.404. The number of rotatable bonds is 3. The molecule has 0 bridgehead atoms. The van der Waals surface area contributed by atoms with Gasteiger partial charge in [0.15, 0.2) is 0 Å². The average molecular weight is 371 g/mol. The van der Waals surface area contributed by atoms with Crippen LogP contribution >= 0.6 is 23.2 Å². The first-order valence-electron chi connectivity index (χ1n) is 8.73. The maximum absolute atomic E-state index is 6.33. The van der Waals surface area contributed by atoms with Crippen molar-refractivity contribution in [3.05, 3.63) is 70.3 Å². The van der Waals surface area contributed by atoms with E-state index in [0.717, 1.165) is 30.0 Å². The summed E-state index contributed by atoms with van der Waals surface area (Å²) in [7, 11) is 0. The molecular weight excluding hydrogens is 351 g/mol. The first-order valence-corrected chi connectivity index (χ1v) is 9.48. The molecule has 0 unspecified atom stereocenters. The molecule has 1 aliphatic heterocycles. The predicted octanol–water partition coefficient (Wildman–Crippen LogP) is 6.00. The molecule has 2 aromatic carbocycles. The molecule has 0 radical (unpaired) electrons. The van der Waals surface area contributed by atoms with Gasteiger partial charge < -0.3 is 4.90 Å². The van der Waals surface area contributed by atoms with Crippen molar-refractivity contribution >= 4 is 39.8 Å². The van der Waals surface area contributed by atoms with Crippen molar-refractivity contribution in [2.24, 2.45) is 5.92 Å². The standard InChI is InChI=1S/C21H20Cl2N2/c22-18-5-3-17(20(23)13-18)12-15-7-10-25(11-8-15)19-6-4-16-2-1-9-24-21(16)14-19/h1-6,9,13-15H,7-8,10-12H2. The molecular formula is C21H20Cl2N2. The molecule has 2 nitrogen and oxygen atoms in total. The second kappa shape index (κ2) is 7.23. The molecule has 25 heavy (non-hydrogen) atoms. The Morgan fingerprint density at radius 1 is 1.00 bits per heavy atom. The summed E-state index contributed by atoms with van der Waals surface area (Å²) in [6.45, 7) is 2.16. The summed E-state index contributed by atoms with van der Waals surface area (Å²) >= 11 is 12.3. The van der Waals surface area contributed by atoms with Crippen LogP contribution in [-0.2, 0) is 6.42 Å². The van der Waals surface area contributed by atoms with Crippen molar-refractivity contribution in [3.8, 4) is 0 Å². The van der Waals surface area contributed by atoms with E-state index in [0.29, 0.717) is 10.9 Å². The second-order valence-corrected chi connectivity index (χ2v) is 7.59. The summed E-state index contributed by atoms with van der Waals surface area (Å²) in [4.78, 5) is 6.94. The minimum atomic E-state index is 0.675. The van der Waals surface area contributed by atoms with Crippen LogP contribution in [0.5, 0.6) is 0 Å². The summed E-state index contributed by atoms with van der Waals surface area (Å²) in [6, 6.07) is 16.5. The maximum atomic E-state index is 6.33. The Balaban J connectivity index is 1.42. The van der Waals surface area contributed by atoms with E-state index in [9.17, 15) is 0 Å². The van der Waals surface area contributed by atoms with E-state index >= 15 is 0 Å². The molecule has 2 heterocycles. The van der Waals surface area contributed by atoms with Crippen LogP contribution < -0.4 is 4.90 Å². The first kappa shape index (κ1) is 16.7. The van der Waals surface area contributed by atoms with Crippen LogP contribution in [-0.4, -0.2) is 18.1 Å². The minimum Gasteiger partial charge on any atom is -0.371 e. The average Bonchev–Trinajstić information content (AvgIpc) is 2.64. The zero-order chi connectivity index (χ0) is 17.2. The summed E-state index contributed by atoms with van der Waals surface area (Å²) < 4.78 is 0. The van der Waals surface area contributed by atoms with Crippen molar-refractivity contribution < 1.29 is 0 Å². The number of halogens is 2. The van der Waals surface area contributed by atoms with Gasteiger partial charge in [-0.2, -0.15) is 0 Å². The third kappa shape index (κ3) is 3.75. The molecule has 1 aliphatic rings. The van der Waals surface area contributed by atoms with E-state index in [1.807, 2.05) is 24.4 Å². The Morgan fingerprint density at radius 2 is 1.84 bits per heavy atom. The molecule has 4 heteroatoms. The van der Waals surface area contributed by atoms with Gasteiger partial charge in [-0.25, -0.2) is 0 Å². The molecule has 0 spiro atoms. The van der Waals surface area contributed by atoms with Crippen molar-refractivity contribution in [1.29, 1.82) is 0 Å². The Kier molecular flexibility index (Phi) is 4.82. The van der Waals surface area contributed by atoms with E-state index in [4.69, 9.17) is 23.2 Å². The summed E-state index contributed by atoms with van der Waals surface area (Å²) in [6.07, 6.45) is 5.25. The predicted molar refractivity (Wildman–Crippen MR) is 107 cm³/mol. The molecule has 0 N–H and O–H groups in total. The molecule has 1 aromatic heterocycles. The van der Waals surface area contributed by atoms with Gasteiger partial charge in [-0.15, -0.1) is 0 Å². The molecule has 0 amide bonds. The van der Waals surface area contributed by atoms with Crippen molar-refractivity contribution in [2.45, 2.75) is 19.3 Å². The Hall–Kier alpha value is -1.77. The number of hydrogen-bond acceptors (Lipinski definition) is 2. The van der Waals surface area contributed by atoms with Crippen LogP contribution in [0.3, 0.4) is 0 Å². The Bertz CT molecular complexity index is 886. The van der Waals surface area contributed by atoms with E-state index in [1.165, 1.54) is 29.5 Å². The highest BCUT2D eigenvalue weighted by Gasteiger charge is 2.20. The number of benzene rings is 2. The topological polar surface area (TPSA) is 16.1 Å². The van der Waals surface area contributed by atoms with Crippen LogP contribution in [0.15, 0.2) is 54.7 Å².